The first kappa shape index (κ1) is 16.9. The molecule has 1 aliphatic rings. The van der Waals surface area contributed by atoms with E-state index in [0.29, 0.717) is 5.70 Å². The fourth-order valence-corrected chi connectivity index (χ4v) is 2.70. The van der Waals surface area contributed by atoms with Gasteiger partial charge in [-0.2, -0.15) is 0 Å². The number of amides is 2. The lowest BCUT2D eigenvalue weighted by molar-refractivity contribution is -0.136. The van der Waals surface area contributed by atoms with Crippen molar-refractivity contribution in [3.05, 3.63) is 46.7 Å². The van der Waals surface area contributed by atoms with Crippen molar-refractivity contribution in [3.8, 4) is 0 Å². The van der Waals surface area contributed by atoms with Gasteiger partial charge in [-0.1, -0.05) is 6.07 Å². The van der Waals surface area contributed by atoms with Crippen molar-refractivity contribution >= 4 is 12.0 Å². The third kappa shape index (κ3) is 3.04. The zero-order valence-corrected chi connectivity index (χ0v) is 13.3. The van der Waals surface area contributed by atoms with Gasteiger partial charge in [0.2, 0.25) is 0 Å². The molecule has 5 nitrogen and oxygen atoms in total. The van der Waals surface area contributed by atoms with Crippen LogP contribution in [0, 0.1) is 11.6 Å². The van der Waals surface area contributed by atoms with Gasteiger partial charge in [0.25, 0.3) is 0 Å². The maximum absolute atomic E-state index is 13.5. The van der Waals surface area contributed by atoms with Crippen molar-refractivity contribution < 1.29 is 23.1 Å². The van der Waals surface area contributed by atoms with E-state index in [1.54, 1.807) is 20.8 Å². The van der Waals surface area contributed by atoms with Gasteiger partial charge in [0.15, 0.2) is 11.6 Å². The second kappa shape index (κ2) is 6.36. The number of nitrogens with zero attached hydrogens (tertiary/aromatic N) is 1. The Labute approximate surface area is 132 Å². The molecule has 0 saturated carbocycles. The first-order valence-corrected chi connectivity index (χ1v) is 7.11. The molecular weight excluding hydrogens is 306 g/mol. The smallest absolute Gasteiger partial charge is 0.337 e. The lowest BCUT2D eigenvalue weighted by Gasteiger charge is -2.37. The predicted molar refractivity (Wildman–Crippen MR) is 79.3 cm³/mol. The number of hydrogen-bond donors (Lipinski definition) is 1. The van der Waals surface area contributed by atoms with Gasteiger partial charge in [-0.3, -0.25) is 4.90 Å². The van der Waals surface area contributed by atoms with Gasteiger partial charge in [-0.25, -0.2) is 18.4 Å². The van der Waals surface area contributed by atoms with E-state index in [0.717, 1.165) is 12.1 Å². The lowest BCUT2D eigenvalue weighted by atomic mass is 9.94. The van der Waals surface area contributed by atoms with Crippen LogP contribution < -0.4 is 5.32 Å². The minimum absolute atomic E-state index is 0.180. The van der Waals surface area contributed by atoms with E-state index in [4.69, 9.17) is 4.74 Å². The fourth-order valence-electron chi connectivity index (χ4n) is 2.70. The van der Waals surface area contributed by atoms with Crippen LogP contribution in [-0.2, 0) is 9.53 Å². The molecule has 0 saturated heterocycles. The molecule has 0 aliphatic carbocycles. The number of ether oxygens (including phenoxy) is 1. The number of esters is 1. The molecular formula is C16H18F2N2O3. The van der Waals surface area contributed by atoms with Crippen molar-refractivity contribution in [2.75, 3.05) is 7.11 Å². The maximum atomic E-state index is 13.5. The summed E-state index contributed by atoms with van der Waals surface area (Å²) in [6.45, 7) is 5.23. The van der Waals surface area contributed by atoms with Crippen molar-refractivity contribution in [2.24, 2.45) is 0 Å². The number of carbonyl (C=O) groups excluding carboxylic acids is 2. The summed E-state index contributed by atoms with van der Waals surface area (Å²) >= 11 is 0. The second-order valence-corrected chi connectivity index (χ2v) is 5.51. The van der Waals surface area contributed by atoms with Crippen molar-refractivity contribution in [1.82, 2.24) is 10.2 Å². The van der Waals surface area contributed by atoms with Crippen LogP contribution in [0.4, 0.5) is 13.6 Å². The van der Waals surface area contributed by atoms with E-state index in [-0.39, 0.29) is 17.2 Å². The van der Waals surface area contributed by atoms with Crippen molar-refractivity contribution in [2.45, 2.75) is 32.9 Å². The Morgan fingerprint density at radius 1 is 1.30 bits per heavy atom. The SMILES string of the molecule is COC(=O)C1=C(C)N(C(C)C)C(=O)N[C@@H]1c1ccc(F)c(F)c1. The molecule has 0 bridgehead atoms. The normalized spacial score (nSPS) is 18.3. The topological polar surface area (TPSA) is 58.6 Å². The number of hydrogen-bond acceptors (Lipinski definition) is 3. The highest BCUT2D eigenvalue weighted by Gasteiger charge is 2.37. The Morgan fingerprint density at radius 2 is 1.96 bits per heavy atom. The summed E-state index contributed by atoms with van der Waals surface area (Å²) in [7, 11) is 1.22. The third-order valence-corrected chi connectivity index (χ3v) is 3.73. The minimum Gasteiger partial charge on any atom is -0.466 e. The van der Waals surface area contributed by atoms with E-state index < -0.39 is 29.7 Å². The highest BCUT2D eigenvalue weighted by molar-refractivity contribution is 5.95. The number of halogens is 2. The van der Waals surface area contributed by atoms with Crippen LogP contribution in [0.2, 0.25) is 0 Å². The Balaban J connectivity index is 2.59. The highest BCUT2D eigenvalue weighted by Crippen LogP contribution is 2.32. The van der Waals surface area contributed by atoms with Crippen LogP contribution in [0.3, 0.4) is 0 Å². The number of nitrogens with one attached hydrogen (secondary N) is 1. The average Bonchev–Trinajstić information content (AvgIpc) is 2.48. The molecule has 2 rings (SSSR count). The average molecular weight is 324 g/mol. The van der Waals surface area contributed by atoms with Gasteiger partial charge in [0.1, 0.15) is 0 Å². The quantitative estimate of drug-likeness (QED) is 0.870. The summed E-state index contributed by atoms with van der Waals surface area (Å²) in [4.78, 5) is 25.9. The molecule has 1 heterocycles. The van der Waals surface area contributed by atoms with E-state index in [2.05, 4.69) is 5.32 Å². The molecule has 0 fully saturated rings. The lowest BCUT2D eigenvalue weighted by Crippen LogP contribution is -2.50. The van der Waals surface area contributed by atoms with Crippen LogP contribution in [-0.4, -0.2) is 30.1 Å². The largest absolute Gasteiger partial charge is 0.466 e. The summed E-state index contributed by atoms with van der Waals surface area (Å²) in [6.07, 6.45) is 0. The molecule has 0 unspecified atom stereocenters. The number of urea groups is 1. The Hall–Kier alpha value is -2.44. The zero-order chi connectivity index (χ0) is 17.3. The van der Waals surface area contributed by atoms with Gasteiger partial charge in [0.05, 0.1) is 18.7 Å². The second-order valence-electron chi connectivity index (χ2n) is 5.51. The number of rotatable bonds is 3. The number of carbonyl (C=O) groups is 2. The highest BCUT2D eigenvalue weighted by atomic mass is 19.2. The predicted octanol–water partition coefficient (Wildman–Crippen LogP) is 2.89. The third-order valence-electron chi connectivity index (χ3n) is 3.73. The molecule has 23 heavy (non-hydrogen) atoms. The molecule has 1 N–H and O–H groups in total. The molecule has 1 aliphatic heterocycles. The van der Waals surface area contributed by atoms with E-state index >= 15 is 0 Å². The fraction of sp³-hybridized carbons (Fsp3) is 0.375. The molecule has 124 valence electrons. The summed E-state index contributed by atoms with van der Waals surface area (Å²) in [6, 6.07) is 1.74. The molecule has 0 spiro atoms. The number of allylic oxidation sites excluding steroid dienone is 1. The van der Waals surface area contributed by atoms with E-state index in [9.17, 15) is 18.4 Å². The molecule has 1 aromatic rings. The first-order chi connectivity index (χ1) is 10.8. The van der Waals surface area contributed by atoms with Crippen LogP contribution >= 0.6 is 0 Å². The van der Waals surface area contributed by atoms with Crippen molar-refractivity contribution in [3.63, 3.8) is 0 Å². The van der Waals surface area contributed by atoms with Crippen LogP contribution in [0.25, 0.3) is 0 Å². The Morgan fingerprint density at radius 3 is 2.48 bits per heavy atom. The Kier molecular flexibility index (Phi) is 4.68. The van der Waals surface area contributed by atoms with Crippen molar-refractivity contribution in [1.29, 1.82) is 0 Å². The van der Waals surface area contributed by atoms with Gasteiger partial charge in [-0.05, 0) is 38.5 Å². The summed E-state index contributed by atoms with van der Waals surface area (Å²) in [5, 5.41) is 2.65. The molecule has 0 radical (unpaired) electrons. The molecule has 0 aromatic heterocycles. The Bertz CT molecular complexity index is 686. The van der Waals surface area contributed by atoms with Crippen LogP contribution in [0.15, 0.2) is 29.5 Å². The van der Waals surface area contributed by atoms with Crippen LogP contribution in [0.5, 0.6) is 0 Å². The van der Waals surface area contributed by atoms with Gasteiger partial charge < -0.3 is 10.1 Å². The summed E-state index contributed by atoms with van der Waals surface area (Å²) < 4.78 is 31.4. The molecule has 2 amide bonds. The van der Waals surface area contributed by atoms with Gasteiger partial charge in [0, 0.05) is 11.7 Å². The number of methoxy groups -OCH3 is 1. The van der Waals surface area contributed by atoms with Gasteiger partial charge >= 0.3 is 12.0 Å². The first-order valence-electron chi connectivity index (χ1n) is 7.11. The monoisotopic (exact) mass is 324 g/mol. The maximum Gasteiger partial charge on any atom is 0.337 e. The standard InChI is InChI=1S/C16H18F2N2O3/c1-8(2)20-9(3)13(15(21)23-4)14(19-16(20)22)10-5-6-11(17)12(18)7-10/h5-8,14H,1-4H3,(H,19,22)/t14-/m1/s1. The number of benzene rings is 1. The molecule has 1 atom stereocenters. The summed E-state index contributed by atoms with van der Waals surface area (Å²) in [5.74, 6) is -2.69. The zero-order valence-electron chi connectivity index (χ0n) is 13.3. The molecule has 7 heteroatoms. The minimum atomic E-state index is -1.05. The molecule has 1 aromatic carbocycles. The summed E-state index contributed by atoms with van der Waals surface area (Å²) in [5.41, 5.74) is 0.873. The van der Waals surface area contributed by atoms with Crippen LogP contribution in [0.1, 0.15) is 32.4 Å². The van der Waals surface area contributed by atoms with Gasteiger partial charge in [-0.15, -0.1) is 0 Å². The van der Waals surface area contributed by atoms with E-state index in [1.165, 1.54) is 18.1 Å². The van der Waals surface area contributed by atoms with E-state index in [1.807, 2.05) is 0 Å².